The molecule has 27 heavy (non-hydrogen) atoms. The molecule has 0 radical (unpaired) electrons. The van der Waals surface area contributed by atoms with E-state index in [9.17, 15) is 9.59 Å². The second-order valence-corrected chi connectivity index (χ2v) is 7.66. The zero-order valence-electron chi connectivity index (χ0n) is 16.4. The highest BCUT2D eigenvalue weighted by atomic mass is 16.5. The molecule has 2 amide bonds. The molecule has 148 valence electrons. The minimum atomic E-state index is 0.201. The van der Waals surface area contributed by atoms with Gasteiger partial charge < -0.3 is 19.4 Å². The first-order valence-electron chi connectivity index (χ1n) is 10.2. The number of carbonyl (C=O) groups excluding carboxylic acids is 2. The van der Waals surface area contributed by atoms with Crippen LogP contribution >= 0.6 is 0 Å². The summed E-state index contributed by atoms with van der Waals surface area (Å²) in [6.07, 6.45) is 3.52. The summed E-state index contributed by atoms with van der Waals surface area (Å²) in [5.41, 5.74) is 1.21. The zero-order valence-corrected chi connectivity index (χ0v) is 16.4. The molecular formula is C21H32N3O3+. The molecule has 1 aromatic carbocycles. The largest absolute Gasteiger partial charge is 0.494 e. The van der Waals surface area contributed by atoms with Crippen molar-refractivity contribution in [2.45, 2.75) is 32.6 Å². The van der Waals surface area contributed by atoms with E-state index in [0.29, 0.717) is 19.6 Å². The zero-order chi connectivity index (χ0) is 19.1. The number of rotatable bonds is 7. The molecule has 0 saturated carbocycles. The van der Waals surface area contributed by atoms with E-state index in [4.69, 9.17) is 4.74 Å². The third kappa shape index (κ3) is 5.96. The molecule has 2 aliphatic rings. The maximum absolute atomic E-state index is 12.4. The average molecular weight is 375 g/mol. The fourth-order valence-electron chi connectivity index (χ4n) is 3.75. The Kier molecular flexibility index (Phi) is 7.10. The lowest BCUT2D eigenvalue weighted by atomic mass is 10.2. The molecule has 0 bridgehead atoms. The van der Waals surface area contributed by atoms with Crippen molar-refractivity contribution in [3.05, 3.63) is 29.8 Å². The van der Waals surface area contributed by atoms with Crippen LogP contribution in [0.25, 0.3) is 0 Å². The summed E-state index contributed by atoms with van der Waals surface area (Å²) in [6.45, 7) is 8.25. The molecule has 3 rings (SSSR count). The number of hydrogen-bond donors (Lipinski definition) is 1. The van der Waals surface area contributed by atoms with E-state index in [2.05, 4.69) is 0 Å². The highest BCUT2D eigenvalue weighted by Gasteiger charge is 2.27. The van der Waals surface area contributed by atoms with E-state index >= 15 is 0 Å². The van der Waals surface area contributed by atoms with Gasteiger partial charge in [0.15, 0.2) is 6.54 Å². The Morgan fingerprint density at radius 2 is 1.59 bits per heavy atom. The van der Waals surface area contributed by atoms with Crippen LogP contribution in [0.2, 0.25) is 0 Å². The Labute approximate surface area is 162 Å². The van der Waals surface area contributed by atoms with E-state index in [0.717, 1.165) is 64.3 Å². The SMILES string of the molecule is Cc1ccc(OCCCC(=O)N2CC[NH+](CC(=O)N3CCCC3)CC2)cc1. The average Bonchev–Trinajstić information content (AvgIpc) is 3.22. The summed E-state index contributed by atoms with van der Waals surface area (Å²) in [6, 6.07) is 7.97. The van der Waals surface area contributed by atoms with Gasteiger partial charge in [0, 0.05) is 19.5 Å². The summed E-state index contributed by atoms with van der Waals surface area (Å²) in [7, 11) is 0. The van der Waals surface area contributed by atoms with Gasteiger partial charge in [-0.05, 0) is 38.3 Å². The van der Waals surface area contributed by atoms with Crippen molar-refractivity contribution >= 4 is 11.8 Å². The number of piperazine rings is 1. The van der Waals surface area contributed by atoms with E-state index in [1.54, 1.807) is 0 Å². The molecule has 0 aliphatic carbocycles. The summed E-state index contributed by atoms with van der Waals surface area (Å²) in [5.74, 6) is 1.33. The molecule has 0 aromatic heterocycles. The summed E-state index contributed by atoms with van der Waals surface area (Å²) < 4.78 is 5.69. The van der Waals surface area contributed by atoms with Crippen LogP contribution in [0.15, 0.2) is 24.3 Å². The number of aryl methyl sites for hydroxylation is 1. The number of ether oxygens (including phenoxy) is 1. The van der Waals surface area contributed by atoms with E-state index in [1.165, 1.54) is 10.5 Å². The Bertz CT molecular complexity index is 618. The van der Waals surface area contributed by atoms with Gasteiger partial charge in [-0.15, -0.1) is 0 Å². The van der Waals surface area contributed by atoms with Crippen LogP contribution in [-0.2, 0) is 9.59 Å². The number of nitrogens with one attached hydrogen (secondary N) is 1. The van der Waals surface area contributed by atoms with Gasteiger partial charge in [0.1, 0.15) is 5.75 Å². The second kappa shape index (κ2) is 9.74. The second-order valence-electron chi connectivity index (χ2n) is 7.66. The first kappa shape index (κ1) is 19.7. The van der Waals surface area contributed by atoms with Crippen LogP contribution in [0.4, 0.5) is 0 Å². The van der Waals surface area contributed by atoms with Gasteiger partial charge in [-0.2, -0.15) is 0 Å². The van der Waals surface area contributed by atoms with Crippen LogP contribution in [0.3, 0.4) is 0 Å². The Morgan fingerprint density at radius 1 is 0.963 bits per heavy atom. The van der Waals surface area contributed by atoms with Gasteiger partial charge >= 0.3 is 0 Å². The maximum atomic E-state index is 12.4. The minimum Gasteiger partial charge on any atom is -0.494 e. The molecule has 6 nitrogen and oxygen atoms in total. The molecule has 1 aromatic rings. The van der Waals surface area contributed by atoms with Crippen LogP contribution in [-0.4, -0.2) is 74.0 Å². The lowest BCUT2D eigenvalue weighted by molar-refractivity contribution is -0.896. The van der Waals surface area contributed by atoms with Crippen molar-refractivity contribution in [1.82, 2.24) is 9.80 Å². The van der Waals surface area contributed by atoms with Crippen molar-refractivity contribution in [1.29, 1.82) is 0 Å². The van der Waals surface area contributed by atoms with Crippen molar-refractivity contribution in [3.8, 4) is 5.75 Å². The Morgan fingerprint density at radius 3 is 2.26 bits per heavy atom. The molecule has 6 heteroatoms. The number of quaternary nitrogens is 1. The van der Waals surface area contributed by atoms with Gasteiger partial charge in [0.2, 0.25) is 5.91 Å². The Hall–Kier alpha value is -2.08. The summed E-state index contributed by atoms with van der Waals surface area (Å²) in [4.78, 5) is 29.9. The summed E-state index contributed by atoms with van der Waals surface area (Å²) >= 11 is 0. The van der Waals surface area contributed by atoms with E-state index in [1.807, 2.05) is 41.0 Å². The van der Waals surface area contributed by atoms with Gasteiger partial charge in [-0.1, -0.05) is 17.7 Å². The predicted molar refractivity (Wildman–Crippen MR) is 104 cm³/mol. The molecule has 0 unspecified atom stereocenters. The minimum absolute atomic E-state index is 0.201. The first-order chi connectivity index (χ1) is 13.1. The standard InChI is InChI=1S/C21H31N3O3/c1-18-6-8-19(9-7-18)27-16-4-5-20(25)24-14-12-22(13-15-24)17-21(26)23-10-2-3-11-23/h6-9H,2-5,10-17H2,1H3/p+1. The highest BCUT2D eigenvalue weighted by molar-refractivity contribution is 5.77. The molecule has 0 atom stereocenters. The number of likely N-dealkylation sites (tertiary alicyclic amines) is 1. The molecule has 2 saturated heterocycles. The molecular weight excluding hydrogens is 342 g/mol. The third-order valence-electron chi connectivity index (χ3n) is 5.51. The van der Waals surface area contributed by atoms with E-state index in [-0.39, 0.29) is 11.8 Å². The molecule has 2 fully saturated rings. The van der Waals surface area contributed by atoms with Crippen molar-refractivity contribution in [2.24, 2.45) is 0 Å². The van der Waals surface area contributed by atoms with Gasteiger partial charge in [0.05, 0.1) is 32.8 Å². The number of hydrogen-bond acceptors (Lipinski definition) is 3. The molecule has 2 heterocycles. The smallest absolute Gasteiger partial charge is 0.277 e. The third-order valence-corrected chi connectivity index (χ3v) is 5.51. The highest BCUT2D eigenvalue weighted by Crippen LogP contribution is 2.12. The number of amides is 2. The molecule has 2 aliphatic heterocycles. The van der Waals surface area contributed by atoms with Gasteiger partial charge in [0.25, 0.3) is 5.91 Å². The molecule has 0 spiro atoms. The van der Waals surface area contributed by atoms with Crippen LogP contribution in [0.1, 0.15) is 31.2 Å². The van der Waals surface area contributed by atoms with Gasteiger partial charge in [-0.3, -0.25) is 9.59 Å². The fraction of sp³-hybridized carbons (Fsp3) is 0.619. The lowest BCUT2D eigenvalue weighted by Gasteiger charge is -2.32. The first-order valence-corrected chi connectivity index (χ1v) is 10.2. The predicted octanol–water partition coefficient (Wildman–Crippen LogP) is 0.504. The van der Waals surface area contributed by atoms with Crippen LogP contribution in [0.5, 0.6) is 5.75 Å². The quantitative estimate of drug-likeness (QED) is 0.708. The normalized spacial score (nSPS) is 18.0. The fourth-order valence-corrected chi connectivity index (χ4v) is 3.75. The van der Waals surface area contributed by atoms with Gasteiger partial charge in [-0.25, -0.2) is 0 Å². The number of carbonyl (C=O) groups is 2. The molecule has 1 N–H and O–H groups in total. The van der Waals surface area contributed by atoms with Crippen molar-refractivity contribution in [3.63, 3.8) is 0 Å². The van der Waals surface area contributed by atoms with Crippen molar-refractivity contribution in [2.75, 3.05) is 52.4 Å². The number of nitrogens with zero attached hydrogens (tertiary/aromatic N) is 2. The maximum Gasteiger partial charge on any atom is 0.277 e. The number of benzene rings is 1. The lowest BCUT2D eigenvalue weighted by Crippen LogP contribution is -3.15. The Balaban J connectivity index is 1.30. The topological polar surface area (TPSA) is 54.3 Å². The van der Waals surface area contributed by atoms with Crippen LogP contribution < -0.4 is 9.64 Å². The summed E-state index contributed by atoms with van der Waals surface area (Å²) in [5, 5.41) is 0. The van der Waals surface area contributed by atoms with Crippen LogP contribution in [0, 0.1) is 6.92 Å². The van der Waals surface area contributed by atoms with Crippen molar-refractivity contribution < 1.29 is 19.2 Å². The van der Waals surface area contributed by atoms with E-state index < -0.39 is 0 Å². The monoisotopic (exact) mass is 374 g/mol.